The van der Waals surface area contributed by atoms with Crippen LogP contribution in [0.5, 0.6) is 0 Å². The molecule has 0 atom stereocenters. The summed E-state index contributed by atoms with van der Waals surface area (Å²) in [5, 5.41) is 6.98. The lowest BCUT2D eigenvalue weighted by atomic mass is 10.1. The van der Waals surface area contributed by atoms with E-state index in [1.54, 1.807) is 7.11 Å². The van der Waals surface area contributed by atoms with Gasteiger partial charge in [-0.2, -0.15) is 0 Å². The minimum atomic E-state index is 0.646. The third-order valence-corrected chi connectivity index (χ3v) is 4.00. The molecule has 5 heteroatoms. The second-order valence-corrected chi connectivity index (χ2v) is 5.35. The van der Waals surface area contributed by atoms with Crippen molar-refractivity contribution in [1.82, 2.24) is 5.32 Å². The Hall–Kier alpha value is -0.650. The number of benzene rings is 1. The fourth-order valence-electron chi connectivity index (χ4n) is 1.61. The van der Waals surface area contributed by atoms with Crippen LogP contribution in [0.2, 0.25) is 0 Å². The number of hydrogen-bond acceptors (Lipinski definition) is 2. The molecule has 2 N–H and O–H groups in total. The fraction of sp³-hybridized carbons (Fsp3) is 0.462. The Kier molecular flexibility index (Phi) is 6.60. The maximum Gasteiger partial charge on any atom is 0.170 e. The van der Waals surface area contributed by atoms with Crippen molar-refractivity contribution in [1.29, 1.82) is 0 Å². The molecule has 0 unspecified atom stereocenters. The van der Waals surface area contributed by atoms with Gasteiger partial charge < -0.3 is 15.4 Å². The van der Waals surface area contributed by atoms with Crippen LogP contribution in [0.1, 0.15) is 17.5 Å². The molecule has 0 aliphatic rings. The van der Waals surface area contributed by atoms with E-state index in [9.17, 15) is 0 Å². The van der Waals surface area contributed by atoms with E-state index in [0.29, 0.717) is 5.11 Å². The van der Waals surface area contributed by atoms with Crippen molar-refractivity contribution in [2.45, 2.75) is 20.3 Å². The van der Waals surface area contributed by atoms with Gasteiger partial charge in [-0.05, 0) is 55.7 Å². The largest absolute Gasteiger partial charge is 0.385 e. The number of halogens is 1. The number of nitrogens with one attached hydrogen (secondary N) is 2. The van der Waals surface area contributed by atoms with Crippen LogP contribution in [0.4, 0.5) is 5.69 Å². The highest BCUT2D eigenvalue weighted by atomic mass is 79.9. The van der Waals surface area contributed by atoms with Crippen LogP contribution in [0, 0.1) is 13.8 Å². The molecule has 0 heterocycles. The van der Waals surface area contributed by atoms with Crippen LogP contribution >= 0.6 is 28.1 Å². The van der Waals surface area contributed by atoms with Crippen molar-refractivity contribution in [3.05, 3.63) is 27.7 Å². The Bertz CT molecular complexity index is 400. The van der Waals surface area contributed by atoms with E-state index in [2.05, 4.69) is 52.5 Å². The second-order valence-electron chi connectivity index (χ2n) is 4.15. The van der Waals surface area contributed by atoms with E-state index in [-0.39, 0.29) is 0 Å². The van der Waals surface area contributed by atoms with Crippen LogP contribution in [-0.2, 0) is 4.74 Å². The number of aryl methyl sites for hydroxylation is 2. The molecule has 0 radical (unpaired) electrons. The summed E-state index contributed by atoms with van der Waals surface area (Å²) >= 11 is 8.78. The standard InChI is InChI=1S/C13H19BrN2OS/c1-9-7-11(8-10(2)12(9)14)16-13(18)15-5-4-6-17-3/h7-8H,4-6H2,1-3H3,(H2,15,16,18). The zero-order chi connectivity index (χ0) is 13.5. The van der Waals surface area contributed by atoms with Crippen LogP contribution in [-0.4, -0.2) is 25.4 Å². The van der Waals surface area contributed by atoms with Crippen LogP contribution in [0.15, 0.2) is 16.6 Å². The first kappa shape index (κ1) is 15.4. The van der Waals surface area contributed by atoms with Gasteiger partial charge in [0.1, 0.15) is 0 Å². The summed E-state index contributed by atoms with van der Waals surface area (Å²) in [6, 6.07) is 4.14. The molecule has 18 heavy (non-hydrogen) atoms. The monoisotopic (exact) mass is 330 g/mol. The third kappa shape index (κ3) is 4.92. The Labute approximate surface area is 122 Å². The quantitative estimate of drug-likeness (QED) is 0.640. The predicted molar refractivity (Wildman–Crippen MR) is 84.3 cm³/mol. The first-order valence-corrected chi connectivity index (χ1v) is 7.05. The Balaban J connectivity index is 2.49. The molecule has 0 aliphatic carbocycles. The summed E-state index contributed by atoms with van der Waals surface area (Å²) in [6.07, 6.45) is 0.941. The first-order valence-electron chi connectivity index (χ1n) is 5.85. The van der Waals surface area contributed by atoms with E-state index in [0.717, 1.165) is 29.7 Å². The van der Waals surface area contributed by atoms with Gasteiger partial charge in [-0.3, -0.25) is 0 Å². The number of ether oxygens (including phenoxy) is 1. The van der Waals surface area contributed by atoms with Gasteiger partial charge in [0.15, 0.2) is 5.11 Å². The van der Waals surface area contributed by atoms with Gasteiger partial charge in [0, 0.05) is 30.4 Å². The van der Waals surface area contributed by atoms with Crippen LogP contribution < -0.4 is 10.6 Å². The highest BCUT2D eigenvalue weighted by Crippen LogP contribution is 2.24. The topological polar surface area (TPSA) is 33.3 Å². The number of hydrogen-bond donors (Lipinski definition) is 2. The zero-order valence-electron chi connectivity index (χ0n) is 11.0. The van der Waals surface area contributed by atoms with Gasteiger partial charge in [0.2, 0.25) is 0 Å². The summed E-state index contributed by atoms with van der Waals surface area (Å²) in [6.45, 7) is 5.69. The number of thiocarbonyl (C=S) groups is 1. The van der Waals surface area contributed by atoms with Gasteiger partial charge in [0.25, 0.3) is 0 Å². The molecule has 0 saturated carbocycles. The fourth-order valence-corrected chi connectivity index (χ4v) is 2.06. The Morgan fingerprint density at radius 2 is 1.94 bits per heavy atom. The first-order chi connectivity index (χ1) is 8.54. The molecular formula is C13H19BrN2OS. The van der Waals surface area contributed by atoms with Crippen molar-refractivity contribution < 1.29 is 4.74 Å². The normalized spacial score (nSPS) is 10.2. The van der Waals surface area contributed by atoms with Gasteiger partial charge in [-0.15, -0.1) is 0 Å². The molecule has 0 bridgehead atoms. The van der Waals surface area contributed by atoms with E-state index >= 15 is 0 Å². The molecule has 1 aromatic carbocycles. The minimum Gasteiger partial charge on any atom is -0.385 e. The van der Waals surface area contributed by atoms with Crippen molar-refractivity contribution in [3.63, 3.8) is 0 Å². The van der Waals surface area contributed by atoms with Gasteiger partial charge >= 0.3 is 0 Å². The average Bonchev–Trinajstić information content (AvgIpc) is 2.31. The molecule has 0 aliphatic heterocycles. The second kappa shape index (κ2) is 7.71. The summed E-state index contributed by atoms with van der Waals surface area (Å²) in [4.78, 5) is 0. The number of methoxy groups -OCH3 is 1. The van der Waals surface area contributed by atoms with Crippen molar-refractivity contribution in [2.24, 2.45) is 0 Å². The number of rotatable bonds is 5. The molecule has 1 rings (SSSR count). The lowest BCUT2D eigenvalue weighted by Gasteiger charge is -2.12. The van der Waals surface area contributed by atoms with Crippen LogP contribution in [0.25, 0.3) is 0 Å². The maximum absolute atomic E-state index is 5.23. The summed E-state index contributed by atoms with van der Waals surface area (Å²) < 4.78 is 6.12. The minimum absolute atomic E-state index is 0.646. The summed E-state index contributed by atoms with van der Waals surface area (Å²) in [7, 11) is 1.70. The van der Waals surface area contributed by atoms with Gasteiger partial charge in [-0.1, -0.05) is 15.9 Å². The molecule has 0 saturated heterocycles. The predicted octanol–water partition coefficient (Wildman–Crippen LogP) is 3.39. The van der Waals surface area contributed by atoms with Crippen molar-refractivity contribution in [3.8, 4) is 0 Å². The smallest absolute Gasteiger partial charge is 0.170 e. The molecule has 0 spiro atoms. The average molecular weight is 331 g/mol. The van der Waals surface area contributed by atoms with Gasteiger partial charge in [0.05, 0.1) is 0 Å². The SMILES string of the molecule is COCCCNC(=S)Nc1cc(C)c(Br)c(C)c1. The molecule has 1 aromatic rings. The summed E-state index contributed by atoms with van der Waals surface area (Å²) in [5.74, 6) is 0. The van der Waals surface area contributed by atoms with E-state index < -0.39 is 0 Å². The Morgan fingerprint density at radius 3 is 2.50 bits per heavy atom. The molecular weight excluding hydrogens is 312 g/mol. The van der Waals surface area contributed by atoms with E-state index in [4.69, 9.17) is 17.0 Å². The number of anilines is 1. The zero-order valence-corrected chi connectivity index (χ0v) is 13.4. The Morgan fingerprint density at radius 1 is 1.33 bits per heavy atom. The lowest BCUT2D eigenvalue weighted by molar-refractivity contribution is 0.196. The molecule has 0 aromatic heterocycles. The molecule has 0 fully saturated rings. The van der Waals surface area contributed by atoms with Crippen LogP contribution in [0.3, 0.4) is 0 Å². The van der Waals surface area contributed by atoms with Gasteiger partial charge in [-0.25, -0.2) is 0 Å². The molecule has 3 nitrogen and oxygen atoms in total. The van der Waals surface area contributed by atoms with E-state index in [1.807, 2.05) is 0 Å². The van der Waals surface area contributed by atoms with Crippen molar-refractivity contribution in [2.75, 3.05) is 25.6 Å². The van der Waals surface area contributed by atoms with Crippen molar-refractivity contribution >= 4 is 38.9 Å². The van der Waals surface area contributed by atoms with E-state index in [1.165, 1.54) is 11.1 Å². The third-order valence-electron chi connectivity index (χ3n) is 2.51. The highest BCUT2D eigenvalue weighted by Gasteiger charge is 2.03. The molecule has 100 valence electrons. The molecule has 0 amide bonds. The lowest BCUT2D eigenvalue weighted by Crippen LogP contribution is -2.29. The summed E-state index contributed by atoms with van der Waals surface area (Å²) in [5.41, 5.74) is 3.40. The maximum atomic E-state index is 5.23. The highest BCUT2D eigenvalue weighted by molar-refractivity contribution is 9.10.